The van der Waals surface area contributed by atoms with E-state index in [1.807, 2.05) is 6.92 Å². The van der Waals surface area contributed by atoms with Crippen LogP contribution in [0.15, 0.2) is 0 Å². The van der Waals surface area contributed by atoms with Gasteiger partial charge in [-0.1, -0.05) is 6.92 Å². The first kappa shape index (κ1) is 19.9. The summed E-state index contributed by atoms with van der Waals surface area (Å²) < 4.78 is 28.2. The fraction of sp³-hybridized carbons (Fsp3) is 0.867. The van der Waals surface area contributed by atoms with Crippen molar-refractivity contribution in [1.82, 2.24) is 4.90 Å². The first-order chi connectivity index (χ1) is 10.8. The van der Waals surface area contributed by atoms with Crippen LogP contribution in [0.3, 0.4) is 0 Å². The molecule has 23 heavy (non-hydrogen) atoms. The summed E-state index contributed by atoms with van der Waals surface area (Å²) in [5.74, 6) is -2.00. The molecule has 1 heterocycles. The van der Waals surface area contributed by atoms with Gasteiger partial charge >= 0.3 is 5.97 Å². The van der Waals surface area contributed by atoms with Crippen LogP contribution in [0.4, 0.5) is 0 Å². The van der Waals surface area contributed by atoms with Crippen molar-refractivity contribution in [2.75, 3.05) is 37.8 Å². The summed E-state index contributed by atoms with van der Waals surface area (Å²) in [6, 6.07) is 0. The van der Waals surface area contributed by atoms with Crippen molar-refractivity contribution in [1.29, 1.82) is 0 Å². The second kappa shape index (κ2) is 9.22. The van der Waals surface area contributed by atoms with Crippen molar-refractivity contribution in [3.8, 4) is 0 Å². The second-order valence-corrected chi connectivity index (χ2v) is 8.30. The molecule has 0 aliphatic carbocycles. The fourth-order valence-corrected chi connectivity index (χ4v) is 4.09. The van der Waals surface area contributed by atoms with Crippen LogP contribution in [0.5, 0.6) is 0 Å². The quantitative estimate of drug-likeness (QED) is 0.618. The first-order valence-corrected chi connectivity index (χ1v) is 9.88. The monoisotopic (exact) mass is 349 g/mol. The van der Waals surface area contributed by atoms with Gasteiger partial charge in [-0.2, -0.15) is 0 Å². The van der Waals surface area contributed by atoms with E-state index in [9.17, 15) is 18.0 Å². The van der Waals surface area contributed by atoms with E-state index in [1.54, 1.807) is 11.8 Å². The largest absolute Gasteiger partial charge is 0.481 e. The summed E-state index contributed by atoms with van der Waals surface area (Å²) in [4.78, 5) is 25.2. The molecule has 1 fully saturated rings. The van der Waals surface area contributed by atoms with Gasteiger partial charge in [-0.25, -0.2) is 8.42 Å². The molecular formula is C15H27NO6S. The summed E-state index contributed by atoms with van der Waals surface area (Å²) >= 11 is 0. The summed E-state index contributed by atoms with van der Waals surface area (Å²) in [6.45, 7) is 5.14. The Labute approximate surface area is 137 Å². The van der Waals surface area contributed by atoms with E-state index >= 15 is 0 Å². The Kier molecular flexibility index (Phi) is 7.98. The SMILES string of the molecule is CCOCCCN(CC(C)C(=O)O)C(=O)C1CCS(=O)(=O)CC1. The molecule has 0 aromatic carbocycles. The third-order valence-electron chi connectivity index (χ3n) is 4.05. The smallest absolute Gasteiger partial charge is 0.308 e. The van der Waals surface area contributed by atoms with Crippen molar-refractivity contribution in [2.45, 2.75) is 33.1 Å². The molecule has 1 amide bonds. The van der Waals surface area contributed by atoms with E-state index in [0.717, 1.165) is 0 Å². The van der Waals surface area contributed by atoms with Crippen LogP contribution in [0.2, 0.25) is 0 Å². The Hall–Kier alpha value is -1.15. The maximum Gasteiger partial charge on any atom is 0.308 e. The summed E-state index contributed by atoms with van der Waals surface area (Å²) in [5, 5.41) is 9.06. The van der Waals surface area contributed by atoms with Crippen molar-refractivity contribution >= 4 is 21.7 Å². The van der Waals surface area contributed by atoms with Gasteiger partial charge in [-0.15, -0.1) is 0 Å². The third kappa shape index (κ3) is 6.87. The van der Waals surface area contributed by atoms with E-state index < -0.39 is 21.7 Å². The first-order valence-electron chi connectivity index (χ1n) is 8.06. The number of hydrogen-bond acceptors (Lipinski definition) is 5. The van der Waals surface area contributed by atoms with Crippen LogP contribution in [-0.4, -0.2) is 68.1 Å². The molecule has 134 valence electrons. The summed E-state index contributed by atoms with van der Waals surface area (Å²) in [6.07, 6.45) is 1.28. The van der Waals surface area contributed by atoms with E-state index in [-0.39, 0.29) is 29.9 Å². The van der Waals surface area contributed by atoms with Crippen molar-refractivity contribution in [3.05, 3.63) is 0 Å². The van der Waals surface area contributed by atoms with Gasteiger partial charge in [0, 0.05) is 32.2 Å². The molecule has 1 atom stereocenters. The average molecular weight is 349 g/mol. The Morgan fingerprint density at radius 1 is 1.30 bits per heavy atom. The zero-order valence-corrected chi connectivity index (χ0v) is 14.7. The number of aliphatic carboxylic acids is 1. The molecule has 0 spiro atoms. The van der Waals surface area contributed by atoms with Gasteiger partial charge in [-0.05, 0) is 26.2 Å². The zero-order chi connectivity index (χ0) is 17.5. The molecule has 8 heteroatoms. The highest BCUT2D eigenvalue weighted by molar-refractivity contribution is 7.91. The lowest BCUT2D eigenvalue weighted by atomic mass is 10.00. The molecule has 0 aromatic rings. The number of amides is 1. The molecule has 1 rings (SSSR count). The fourth-order valence-electron chi connectivity index (χ4n) is 2.60. The predicted molar refractivity (Wildman–Crippen MR) is 85.9 cm³/mol. The Balaban J connectivity index is 2.65. The number of carboxylic acid groups (broad SMARTS) is 1. The van der Waals surface area contributed by atoms with E-state index in [4.69, 9.17) is 9.84 Å². The number of rotatable bonds is 9. The molecular weight excluding hydrogens is 322 g/mol. The van der Waals surface area contributed by atoms with Gasteiger partial charge in [0.1, 0.15) is 9.84 Å². The van der Waals surface area contributed by atoms with Crippen LogP contribution in [-0.2, 0) is 24.2 Å². The number of ether oxygens (including phenoxy) is 1. The number of carboxylic acids is 1. The maximum atomic E-state index is 12.6. The van der Waals surface area contributed by atoms with E-state index in [1.165, 1.54) is 0 Å². The minimum Gasteiger partial charge on any atom is -0.481 e. The molecule has 0 radical (unpaired) electrons. The standard InChI is InChI=1S/C15H27NO6S/c1-3-22-8-4-7-16(11-12(2)15(18)19)14(17)13-5-9-23(20,21)10-6-13/h12-13H,3-11H2,1-2H3,(H,18,19). The number of carbonyl (C=O) groups excluding carboxylic acids is 1. The lowest BCUT2D eigenvalue weighted by molar-refractivity contribution is -0.144. The normalized spacial score (nSPS) is 19.2. The van der Waals surface area contributed by atoms with Gasteiger partial charge < -0.3 is 14.7 Å². The Morgan fingerprint density at radius 3 is 2.43 bits per heavy atom. The van der Waals surface area contributed by atoms with Gasteiger partial charge in [0.05, 0.1) is 17.4 Å². The molecule has 1 aliphatic heterocycles. The molecule has 0 bridgehead atoms. The average Bonchev–Trinajstić information content (AvgIpc) is 2.49. The van der Waals surface area contributed by atoms with Crippen molar-refractivity contribution in [3.63, 3.8) is 0 Å². The Bertz CT molecular complexity index is 490. The minimum atomic E-state index is -3.02. The van der Waals surface area contributed by atoms with Crippen molar-refractivity contribution < 1.29 is 27.9 Å². The molecule has 1 N–H and O–H groups in total. The molecule has 1 unspecified atom stereocenters. The minimum absolute atomic E-state index is 0.0324. The van der Waals surface area contributed by atoms with Gasteiger partial charge in [0.15, 0.2) is 0 Å². The lowest BCUT2D eigenvalue weighted by Gasteiger charge is -2.30. The molecule has 0 aromatic heterocycles. The lowest BCUT2D eigenvalue weighted by Crippen LogP contribution is -2.43. The number of hydrogen-bond donors (Lipinski definition) is 1. The number of carbonyl (C=O) groups is 2. The highest BCUT2D eigenvalue weighted by atomic mass is 32.2. The zero-order valence-electron chi connectivity index (χ0n) is 13.9. The molecule has 1 aliphatic rings. The van der Waals surface area contributed by atoms with Gasteiger partial charge in [0.2, 0.25) is 5.91 Å². The molecule has 1 saturated heterocycles. The topological polar surface area (TPSA) is 101 Å². The summed E-state index contributed by atoms with van der Waals surface area (Å²) in [5.41, 5.74) is 0. The van der Waals surface area contributed by atoms with Gasteiger partial charge in [0.25, 0.3) is 0 Å². The number of sulfone groups is 1. The van der Waals surface area contributed by atoms with Gasteiger partial charge in [-0.3, -0.25) is 9.59 Å². The second-order valence-electron chi connectivity index (χ2n) is 6.00. The van der Waals surface area contributed by atoms with Crippen LogP contribution in [0.25, 0.3) is 0 Å². The molecule has 0 saturated carbocycles. The number of nitrogens with zero attached hydrogens (tertiary/aromatic N) is 1. The Morgan fingerprint density at radius 2 is 1.91 bits per heavy atom. The van der Waals surface area contributed by atoms with Crippen LogP contribution in [0, 0.1) is 11.8 Å². The van der Waals surface area contributed by atoms with Crippen LogP contribution >= 0.6 is 0 Å². The van der Waals surface area contributed by atoms with E-state index in [2.05, 4.69) is 0 Å². The van der Waals surface area contributed by atoms with E-state index in [0.29, 0.717) is 39.0 Å². The van der Waals surface area contributed by atoms with Crippen LogP contribution < -0.4 is 0 Å². The maximum absolute atomic E-state index is 12.6. The highest BCUT2D eigenvalue weighted by Gasteiger charge is 2.32. The molecule has 7 nitrogen and oxygen atoms in total. The highest BCUT2D eigenvalue weighted by Crippen LogP contribution is 2.22. The third-order valence-corrected chi connectivity index (χ3v) is 5.77. The predicted octanol–water partition coefficient (Wildman–Crippen LogP) is 0.787. The summed E-state index contributed by atoms with van der Waals surface area (Å²) in [7, 11) is -3.02. The van der Waals surface area contributed by atoms with Crippen molar-refractivity contribution in [2.24, 2.45) is 11.8 Å². The van der Waals surface area contributed by atoms with Crippen LogP contribution in [0.1, 0.15) is 33.1 Å².